The summed E-state index contributed by atoms with van der Waals surface area (Å²) >= 11 is 0. The average molecular weight is 320 g/mol. The fraction of sp³-hybridized carbons (Fsp3) is 0.0526. The first kappa shape index (κ1) is 15.6. The molecule has 3 aromatic rings. The lowest BCUT2D eigenvalue weighted by molar-refractivity contribution is -0.114. The number of carbonyl (C=O) groups is 2. The highest BCUT2D eigenvalue weighted by Crippen LogP contribution is 2.32. The van der Waals surface area contributed by atoms with Crippen LogP contribution in [0.2, 0.25) is 0 Å². The second-order valence-electron chi connectivity index (χ2n) is 5.39. The zero-order valence-corrected chi connectivity index (χ0v) is 13.0. The molecule has 5 nitrogen and oxygen atoms in total. The minimum absolute atomic E-state index is 0.0932. The van der Waals surface area contributed by atoms with E-state index in [1.165, 1.54) is 31.2 Å². The minimum Gasteiger partial charge on any atom is -0.508 e. The van der Waals surface area contributed by atoms with Crippen molar-refractivity contribution in [1.82, 2.24) is 0 Å². The van der Waals surface area contributed by atoms with Gasteiger partial charge in [-0.1, -0.05) is 30.3 Å². The first-order valence-corrected chi connectivity index (χ1v) is 7.44. The minimum atomic E-state index is -0.321. The number of amides is 2. The van der Waals surface area contributed by atoms with Gasteiger partial charge in [0.15, 0.2) is 0 Å². The number of phenols is 1. The first-order chi connectivity index (χ1) is 11.5. The van der Waals surface area contributed by atoms with Gasteiger partial charge in [0, 0.05) is 17.9 Å². The number of carbonyl (C=O) groups excluding carboxylic acids is 2. The van der Waals surface area contributed by atoms with Crippen LogP contribution in [0.15, 0.2) is 60.7 Å². The Morgan fingerprint density at radius 2 is 1.58 bits per heavy atom. The van der Waals surface area contributed by atoms with Gasteiger partial charge < -0.3 is 15.7 Å². The fourth-order valence-corrected chi connectivity index (χ4v) is 2.50. The van der Waals surface area contributed by atoms with E-state index >= 15 is 0 Å². The van der Waals surface area contributed by atoms with E-state index in [2.05, 4.69) is 10.6 Å². The Morgan fingerprint density at radius 1 is 0.875 bits per heavy atom. The summed E-state index contributed by atoms with van der Waals surface area (Å²) in [6, 6.07) is 17.2. The third-order valence-electron chi connectivity index (χ3n) is 3.61. The Hall–Kier alpha value is -3.34. The molecule has 0 aliphatic carbocycles. The molecule has 0 atom stereocenters. The van der Waals surface area contributed by atoms with E-state index < -0.39 is 0 Å². The molecule has 3 aromatic carbocycles. The molecule has 0 aromatic heterocycles. The van der Waals surface area contributed by atoms with E-state index in [1.54, 1.807) is 6.07 Å². The molecular formula is C19H16N2O3. The molecule has 0 fully saturated rings. The summed E-state index contributed by atoms with van der Waals surface area (Å²) in [7, 11) is 0. The SMILES string of the molecule is CC(=O)Nc1ccc2ccccc2c1NC(=O)c1ccc(O)cc1. The summed E-state index contributed by atoms with van der Waals surface area (Å²) in [5.74, 6) is -0.445. The monoisotopic (exact) mass is 320 g/mol. The van der Waals surface area contributed by atoms with Crippen LogP contribution in [0.4, 0.5) is 11.4 Å². The van der Waals surface area contributed by atoms with Gasteiger partial charge in [0.1, 0.15) is 5.75 Å². The van der Waals surface area contributed by atoms with Gasteiger partial charge in [0.25, 0.3) is 5.91 Å². The van der Waals surface area contributed by atoms with Crippen molar-refractivity contribution in [2.75, 3.05) is 10.6 Å². The predicted molar refractivity (Wildman–Crippen MR) is 94.3 cm³/mol. The van der Waals surface area contributed by atoms with Crippen molar-refractivity contribution in [2.45, 2.75) is 6.92 Å². The summed E-state index contributed by atoms with van der Waals surface area (Å²) in [5.41, 5.74) is 1.49. The summed E-state index contributed by atoms with van der Waals surface area (Å²) in [6.45, 7) is 1.42. The van der Waals surface area contributed by atoms with Crippen molar-refractivity contribution in [1.29, 1.82) is 0 Å². The standard InChI is InChI=1S/C19H16N2O3/c1-12(22)20-17-11-8-13-4-2-3-5-16(13)18(17)21-19(24)14-6-9-15(23)10-7-14/h2-11,23H,1H3,(H,20,22)(H,21,24). The highest BCUT2D eigenvalue weighted by Gasteiger charge is 2.13. The molecule has 2 amide bonds. The van der Waals surface area contributed by atoms with Gasteiger partial charge in [-0.05, 0) is 35.7 Å². The average Bonchev–Trinajstić information content (AvgIpc) is 2.57. The molecule has 120 valence electrons. The van der Waals surface area contributed by atoms with E-state index in [9.17, 15) is 14.7 Å². The largest absolute Gasteiger partial charge is 0.508 e. The van der Waals surface area contributed by atoms with Gasteiger partial charge in [-0.2, -0.15) is 0 Å². The Balaban J connectivity index is 2.04. The Bertz CT molecular complexity index is 918. The van der Waals surface area contributed by atoms with Crippen molar-refractivity contribution < 1.29 is 14.7 Å². The summed E-state index contributed by atoms with van der Waals surface area (Å²) in [6.07, 6.45) is 0. The topological polar surface area (TPSA) is 78.4 Å². The predicted octanol–water partition coefficient (Wildman–Crippen LogP) is 3.76. The maximum atomic E-state index is 12.5. The zero-order chi connectivity index (χ0) is 17.1. The normalized spacial score (nSPS) is 10.4. The fourth-order valence-electron chi connectivity index (χ4n) is 2.50. The van der Waals surface area contributed by atoms with Gasteiger partial charge in [-0.15, -0.1) is 0 Å². The highest BCUT2D eigenvalue weighted by atomic mass is 16.3. The second kappa shape index (κ2) is 6.42. The van der Waals surface area contributed by atoms with E-state index in [0.29, 0.717) is 16.9 Å². The first-order valence-electron chi connectivity index (χ1n) is 7.44. The summed E-state index contributed by atoms with van der Waals surface area (Å²) < 4.78 is 0. The van der Waals surface area contributed by atoms with E-state index in [0.717, 1.165) is 10.8 Å². The molecule has 0 saturated carbocycles. The van der Waals surface area contributed by atoms with Gasteiger partial charge in [0.05, 0.1) is 11.4 Å². The third kappa shape index (κ3) is 3.20. The molecule has 0 bridgehead atoms. The van der Waals surface area contributed by atoms with Crippen LogP contribution < -0.4 is 10.6 Å². The second-order valence-corrected chi connectivity index (χ2v) is 5.39. The number of benzene rings is 3. The highest BCUT2D eigenvalue weighted by molar-refractivity contribution is 6.13. The lowest BCUT2D eigenvalue weighted by Gasteiger charge is -2.14. The lowest BCUT2D eigenvalue weighted by atomic mass is 10.1. The maximum absolute atomic E-state index is 12.5. The van der Waals surface area contributed by atoms with Crippen LogP contribution in [-0.2, 0) is 4.79 Å². The van der Waals surface area contributed by atoms with Crippen molar-refractivity contribution in [3.63, 3.8) is 0 Å². The van der Waals surface area contributed by atoms with Crippen molar-refractivity contribution in [2.24, 2.45) is 0 Å². The van der Waals surface area contributed by atoms with Gasteiger partial charge in [0.2, 0.25) is 5.91 Å². The van der Waals surface area contributed by atoms with E-state index in [1.807, 2.05) is 30.3 Å². The Morgan fingerprint density at radius 3 is 2.29 bits per heavy atom. The molecule has 3 N–H and O–H groups in total. The third-order valence-corrected chi connectivity index (χ3v) is 3.61. The lowest BCUT2D eigenvalue weighted by Crippen LogP contribution is -2.15. The molecule has 0 spiro atoms. The maximum Gasteiger partial charge on any atom is 0.255 e. The number of aromatic hydroxyl groups is 1. The number of hydrogen-bond donors (Lipinski definition) is 3. The van der Waals surface area contributed by atoms with Crippen LogP contribution in [0.3, 0.4) is 0 Å². The number of nitrogens with one attached hydrogen (secondary N) is 2. The molecule has 0 saturated heterocycles. The number of rotatable bonds is 3. The molecule has 24 heavy (non-hydrogen) atoms. The van der Waals surface area contributed by atoms with Crippen molar-refractivity contribution >= 4 is 34.0 Å². The molecule has 0 aliphatic rings. The van der Waals surface area contributed by atoms with Crippen LogP contribution in [-0.4, -0.2) is 16.9 Å². The van der Waals surface area contributed by atoms with Gasteiger partial charge >= 0.3 is 0 Å². The molecule has 0 heterocycles. The van der Waals surface area contributed by atoms with Crippen LogP contribution in [0.1, 0.15) is 17.3 Å². The molecule has 5 heteroatoms. The Kier molecular flexibility index (Phi) is 4.16. The molecular weight excluding hydrogens is 304 g/mol. The van der Waals surface area contributed by atoms with E-state index in [4.69, 9.17) is 0 Å². The Labute approximate surface area is 138 Å². The molecule has 0 aliphatic heterocycles. The van der Waals surface area contributed by atoms with Crippen LogP contribution in [0, 0.1) is 0 Å². The molecule has 0 unspecified atom stereocenters. The van der Waals surface area contributed by atoms with Gasteiger partial charge in [-0.3, -0.25) is 9.59 Å². The van der Waals surface area contributed by atoms with Crippen LogP contribution in [0.25, 0.3) is 10.8 Å². The number of phenolic OH excluding ortho intramolecular Hbond substituents is 1. The smallest absolute Gasteiger partial charge is 0.255 e. The number of fused-ring (bicyclic) bond motifs is 1. The van der Waals surface area contributed by atoms with E-state index in [-0.39, 0.29) is 17.6 Å². The molecule has 3 rings (SSSR count). The number of anilines is 2. The van der Waals surface area contributed by atoms with Crippen molar-refractivity contribution in [3.05, 3.63) is 66.2 Å². The summed E-state index contributed by atoms with van der Waals surface area (Å²) in [4.78, 5) is 23.9. The zero-order valence-electron chi connectivity index (χ0n) is 13.0. The summed E-state index contributed by atoms with van der Waals surface area (Å²) in [5, 5.41) is 16.7. The number of hydrogen-bond acceptors (Lipinski definition) is 3. The molecule has 0 radical (unpaired) electrons. The van der Waals surface area contributed by atoms with Crippen molar-refractivity contribution in [3.8, 4) is 5.75 Å². The quantitative estimate of drug-likeness (QED) is 0.687. The van der Waals surface area contributed by atoms with Crippen LogP contribution in [0.5, 0.6) is 5.75 Å². The van der Waals surface area contributed by atoms with Crippen LogP contribution >= 0.6 is 0 Å². The van der Waals surface area contributed by atoms with Gasteiger partial charge in [-0.25, -0.2) is 0 Å².